The van der Waals surface area contributed by atoms with Crippen LogP contribution in [0.2, 0.25) is 0 Å². The zero-order valence-electron chi connectivity index (χ0n) is 11.1. The minimum absolute atomic E-state index is 0.417. The number of hydrogen-bond acceptors (Lipinski definition) is 4. The summed E-state index contributed by atoms with van der Waals surface area (Å²) in [5.74, 6) is 2.46. The molecule has 1 heterocycles. The van der Waals surface area contributed by atoms with Gasteiger partial charge in [-0.05, 0) is 42.2 Å². The predicted octanol–water partition coefficient (Wildman–Crippen LogP) is 3.66. The van der Waals surface area contributed by atoms with Gasteiger partial charge in [-0.3, -0.25) is 9.05 Å². The van der Waals surface area contributed by atoms with Crippen LogP contribution >= 0.6 is 7.82 Å². The van der Waals surface area contributed by atoms with Gasteiger partial charge >= 0.3 is 7.82 Å². The molecule has 2 aliphatic carbocycles. The molecule has 5 heteroatoms. The molecule has 0 radical (unpaired) electrons. The summed E-state index contributed by atoms with van der Waals surface area (Å²) in [6.45, 7) is 0.917. The fraction of sp³-hybridized carbons (Fsp3) is 0.467. The van der Waals surface area contributed by atoms with Gasteiger partial charge in [-0.15, -0.1) is 0 Å². The maximum absolute atomic E-state index is 12.6. The zero-order chi connectivity index (χ0) is 13.6. The first-order valence-electron chi connectivity index (χ1n) is 7.06. The molecule has 20 heavy (non-hydrogen) atoms. The lowest BCUT2D eigenvalue weighted by atomic mass is 9.84. The monoisotopic (exact) mass is 292 g/mol. The van der Waals surface area contributed by atoms with Crippen molar-refractivity contribution in [1.82, 2.24) is 0 Å². The Kier molecular flexibility index (Phi) is 2.99. The number of fused-ring (bicyclic) bond motifs is 5. The van der Waals surface area contributed by atoms with E-state index in [9.17, 15) is 4.57 Å². The van der Waals surface area contributed by atoms with Gasteiger partial charge < -0.3 is 4.52 Å². The maximum Gasteiger partial charge on any atom is 0.530 e. The second kappa shape index (κ2) is 4.73. The van der Waals surface area contributed by atoms with E-state index in [1.54, 1.807) is 12.1 Å². The number of benzene rings is 1. The lowest BCUT2D eigenvalue weighted by Gasteiger charge is -2.23. The van der Waals surface area contributed by atoms with Crippen LogP contribution in [0.4, 0.5) is 0 Å². The Balaban J connectivity index is 1.50. The molecule has 4 rings (SSSR count). The van der Waals surface area contributed by atoms with Crippen LogP contribution in [0, 0.1) is 23.7 Å². The number of hydrogen-bond donors (Lipinski definition) is 0. The number of rotatable bonds is 2. The summed E-state index contributed by atoms with van der Waals surface area (Å²) in [6.07, 6.45) is 5.72. The minimum Gasteiger partial charge on any atom is -0.404 e. The molecule has 1 saturated heterocycles. The molecule has 2 fully saturated rings. The lowest BCUT2D eigenvalue weighted by Crippen LogP contribution is -2.24. The van der Waals surface area contributed by atoms with Crippen molar-refractivity contribution >= 4 is 7.82 Å². The topological polar surface area (TPSA) is 44.8 Å². The van der Waals surface area contributed by atoms with E-state index in [2.05, 4.69) is 12.2 Å². The van der Waals surface area contributed by atoms with Crippen LogP contribution in [0.25, 0.3) is 0 Å². The van der Waals surface area contributed by atoms with Crippen molar-refractivity contribution in [3.63, 3.8) is 0 Å². The maximum atomic E-state index is 12.6. The molecule has 0 aromatic heterocycles. The highest BCUT2D eigenvalue weighted by molar-refractivity contribution is 7.48. The van der Waals surface area contributed by atoms with Crippen molar-refractivity contribution < 1.29 is 18.1 Å². The van der Waals surface area contributed by atoms with Crippen molar-refractivity contribution in [2.75, 3.05) is 13.2 Å². The van der Waals surface area contributed by atoms with Gasteiger partial charge in [-0.25, -0.2) is 4.57 Å². The van der Waals surface area contributed by atoms with Crippen LogP contribution in [0.1, 0.15) is 6.42 Å². The standard InChI is InChI=1S/C15H17O4P/c16-20(19-13-4-2-1-3-5-13)17-9-14-11-6-7-12(8-11)15(14)10-18-20/h1-7,11-12,14-15H,8-10H2/t11-,12+,14-,15+,20?. The first-order chi connectivity index (χ1) is 9.73. The van der Waals surface area contributed by atoms with Crippen molar-refractivity contribution in [2.24, 2.45) is 23.7 Å². The molecule has 1 aromatic rings. The van der Waals surface area contributed by atoms with Gasteiger partial charge in [0.25, 0.3) is 0 Å². The van der Waals surface area contributed by atoms with Gasteiger partial charge in [-0.1, -0.05) is 30.4 Å². The summed E-state index contributed by atoms with van der Waals surface area (Å²) < 4.78 is 29.1. The minimum atomic E-state index is -3.49. The highest BCUT2D eigenvalue weighted by Gasteiger charge is 2.49. The Morgan fingerprint density at radius 2 is 1.60 bits per heavy atom. The van der Waals surface area contributed by atoms with Crippen molar-refractivity contribution in [2.45, 2.75) is 6.42 Å². The van der Waals surface area contributed by atoms with Crippen LogP contribution in [0.5, 0.6) is 5.75 Å². The molecule has 0 spiro atoms. The fourth-order valence-electron chi connectivity index (χ4n) is 3.58. The number of phosphoric acid groups is 1. The molecule has 4 nitrogen and oxygen atoms in total. The third kappa shape index (κ3) is 2.12. The Bertz CT molecular complexity index is 544. The summed E-state index contributed by atoms with van der Waals surface area (Å²) in [5, 5.41) is 0. The Morgan fingerprint density at radius 3 is 2.20 bits per heavy atom. The molecule has 106 valence electrons. The molecule has 1 aliphatic heterocycles. The van der Waals surface area contributed by atoms with Gasteiger partial charge in [0, 0.05) is 0 Å². The average molecular weight is 292 g/mol. The van der Waals surface area contributed by atoms with Crippen molar-refractivity contribution in [3.8, 4) is 5.75 Å². The second-order valence-electron chi connectivity index (χ2n) is 5.72. The van der Waals surface area contributed by atoms with Gasteiger partial charge in [0.1, 0.15) is 5.75 Å². The van der Waals surface area contributed by atoms with E-state index in [0.717, 1.165) is 0 Å². The van der Waals surface area contributed by atoms with Gasteiger partial charge in [-0.2, -0.15) is 0 Å². The molecule has 2 bridgehead atoms. The summed E-state index contributed by atoms with van der Waals surface area (Å²) in [6, 6.07) is 9.05. The third-order valence-electron chi connectivity index (χ3n) is 4.61. The molecule has 1 saturated carbocycles. The molecule has 5 atom stereocenters. The highest BCUT2D eigenvalue weighted by atomic mass is 31.2. The number of para-hydroxylation sites is 1. The summed E-state index contributed by atoms with van der Waals surface area (Å²) in [5.41, 5.74) is 0. The molecular weight excluding hydrogens is 275 g/mol. The van der Waals surface area contributed by atoms with E-state index in [1.165, 1.54) is 6.42 Å². The van der Waals surface area contributed by atoms with E-state index in [1.807, 2.05) is 18.2 Å². The highest BCUT2D eigenvalue weighted by Crippen LogP contribution is 2.57. The van der Waals surface area contributed by atoms with Gasteiger partial charge in [0.2, 0.25) is 0 Å². The first-order valence-corrected chi connectivity index (χ1v) is 8.52. The van der Waals surface area contributed by atoms with Crippen LogP contribution in [0.15, 0.2) is 42.5 Å². The van der Waals surface area contributed by atoms with Gasteiger partial charge in [0.05, 0.1) is 13.2 Å². The first kappa shape index (κ1) is 12.6. The van der Waals surface area contributed by atoms with E-state index in [4.69, 9.17) is 13.6 Å². The zero-order valence-corrected chi connectivity index (χ0v) is 11.9. The van der Waals surface area contributed by atoms with Crippen LogP contribution in [-0.4, -0.2) is 13.2 Å². The molecule has 1 unspecified atom stereocenters. The van der Waals surface area contributed by atoms with Crippen LogP contribution in [0.3, 0.4) is 0 Å². The van der Waals surface area contributed by atoms with E-state index >= 15 is 0 Å². The number of allylic oxidation sites excluding steroid dienone is 2. The van der Waals surface area contributed by atoms with Crippen molar-refractivity contribution in [1.29, 1.82) is 0 Å². The second-order valence-corrected chi connectivity index (χ2v) is 7.31. The predicted molar refractivity (Wildman–Crippen MR) is 74.3 cm³/mol. The number of phosphoric ester groups is 1. The Morgan fingerprint density at radius 1 is 1.00 bits per heavy atom. The van der Waals surface area contributed by atoms with Gasteiger partial charge in [0.15, 0.2) is 0 Å². The fourth-order valence-corrected chi connectivity index (χ4v) is 4.85. The van der Waals surface area contributed by atoms with Crippen molar-refractivity contribution in [3.05, 3.63) is 42.5 Å². The SMILES string of the molecule is O=P1(Oc2ccccc2)OC[C@@H]2[C@H](CO1)[C@@H]1C=C[C@H]2C1. The Hall–Kier alpha value is -1.09. The normalized spacial score (nSPS) is 42.2. The molecule has 0 N–H and O–H groups in total. The summed E-state index contributed by atoms with van der Waals surface area (Å²) in [4.78, 5) is 0. The molecular formula is C15H17O4P. The largest absolute Gasteiger partial charge is 0.530 e. The third-order valence-corrected chi connectivity index (χ3v) is 5.98. The molecule has 3 aliphatic rings. The molecule has 1 aromatic carbocycles. The van der Waals surface area contributed by atoms with Crippen LogP contribution < -0.4 is 4.52 Å². The van der Waals surface area contributed by atoms with E-state index in [-0.39, 0.29) is 0 Å². The Labute approximate surface area is 118 Å². The van der Waals surface area contributed by atoms with Crippen LogP contribution in [-0.2, 0) is 13.6 Å². The lowest BCUT2D eigenvalue weighted by molar-refractivity contribution is 0.169. The summed E-state index contributed by atoms with van der Waals surface area (Å²) in [7, 11) is -3.49. The smallest absolute Gasteiger partial charge is 0.404 e. The molecule has 0 amide bonds. The van der Waals surface area contributed by atoms with E-state index in [0.29, 0.717) is 42.6 Å². The quantitative estimate of drug-likeness (QED) is 0.616. The average Bonchev–Trinajstić information content (AvgIpc) is 3.01. The van der Waals surface area contributed by atoms with E-state index < -0.39 is 7.82 Å². The summed E-state index contributed by atoms with van der Waals surface area (Å²) >= 11 is 0.